The van der Waals surface area contributed by atoms with Gasteiger partial charge in [-0.1, -0.05) is 48.4 Å². The largest absolute Gasteiger partial charge is 0.370 e. The molecule has 108 valence electrons. The van der Waals surface area contributed by atoms with Crippen molar-refractivity contribution in [3.05, 3.63) is 58.0 Å². The van der Waals surface area contributed by atoms with Gasteiger partial charge in [-0.25, -0.2) is 0 Å². The van der Waals surface area contributed by atoms with Gasteiger partial charge in [0, 0.05) is 11.3 Å². The van der Waals surface area contributed by atoms with Crippen molar-refractivity contribution in [1.82, 2.24) is 0 Å². The van der Waals surface area contributed by atoms with Gasteiger partial charge in [-0.2, -0.15) is 0 Å². The monoisotopic (exact) mass is 282 g/mol. The minimum absolute atomic E-state index is 0.0663. The summed E-state index contributed by atoms with van der Waals surface area (Å²) in [6, 6.07) is 12.1. The molecule has 0 aliphatic heterocycles. The molecule has 0 heterocycles. The number of aryl methyl sites for hydroxylation is 1. The Morgan fingerprint density at radius 1 is 1.24 bits per heavy atom. The molecule has 1 atom stereocenters. The molecular formula is C16H18N4O. The van der Waals surface area contributed by atoms with Crippen LogP contribution in [0.2, 0.25) is 0 Å². The molecule has 21 heavy (non-hydrogen) atoms. The first-order chi connectivity index (χ1) is 10.1. The van der Waals surface area contributed by atoms with Crippen molar-refractivity contribution < 1.29 is 4.79 Å². The summed E-state index contributed by atoms with van der Waals surface area (Å²) in [6.07, 6.45) is 1.59. The Morgan fingerprint density at radius 3 is 2.43 bits per heavy atom. The summed E-state index contributed by atoms with van der Waals surface area (Å²) < 4.78 is 0. The molecule has 5 nitrogen and oxygen atoms in total. The lowest BCUT2D eigenvalue weighted by Gasteiger charge is -2.10. The zero-order chi connectivity index (χ0) is 15.2. The molecule has 0 spiro atoms. The lowest BCUT2D eigenvalue weighted by Crippen LogP contribution is -2.20. The highest BCUT2D eigenvalue weighted by atomic mass is 16.1. The van der Waals surface area contributed by atoms with Crippen LogP contribution in [0.25, 0.3) is 21.2 Å². The fourth-order valence-corrected chi connectivity index (χ4v) is 2.42. The van der Waals surface area contributed by atoms with E-state index in [0.717, 1.165) is 17.4 Å². The summed E-state index contributed by atoms with van der Waals surface area (Å²) in [5.74, 6) is -0.458. The summed E-state index contributed by atoms with van der Waals surface area (Å²) in [7, 11) is 0. The number of nitrogens with zero attached hydrogens (tertiary/aromatic N) is 3. The van der Waals surface area contributed by atoms with Crippen LogP contribution in [0.3, 0.4) is 0 Å². The van der Waals surface area contributed by atoms with Gasteiger partial charge in [0.2, 0.25) is 5.91 Å². The van der Waals surface area contributed by atoms with Crippen molar-refractivity contribution >= 4 is 16.7 Å². The predicted octanol–water partition coefficient (Wildman–Crippen LogP) is 3.50. The molecule has 0 saturated carbocycles. The van der Waals surface area contributed by atoms with Crippen LogP contribution < -0.4 is 5.73 Å². The predicted molar refractivity (Wildman–Crippen MR) is 83.8 cm³/mol. The Bertz CT molecular complexity index is 704. The van der Waals surface area contributed by atoms with E-state index in [1.807, 2.05) is 6.07 Å². The number of fused-ring (bicyclic) bond motifs is 1. The molecule has 0 aliphatic carbocycles. The summed E-state index contributed by atoms with van der Waals surface area (Å²) >= 11 is 0. The number of carbonyl (C=O) groups excluding carboxylic acids is 1. The molecule has 0 fully saturated rings. The smallest absolute Gasteiger partial charge is 0.217 e. The third-order valence-corrected chi connectivity index (χ3v) is 3.50. The van der Waals surface area contributed by atoms with Gasteiger partial charge < -0.3 is 5.73 Å². The van der Waals surface area contributed by atoms with Crippen LogP contribution in [-0.2, 0) is 17.6 Å². The van der Waals surface area contributed by atoms with Crippen molar-refractivity contribution in [3.8, 4) is 0 Å². The van der Waals surface area contributed by atoms with Crippen LogP contribution in [-0.4, -0.2) is 11.9 Å². The molecule has 0 aliphatic rings. The number of hydrogen-bond donors (Lipinski definition) is 1. The Morgan fingerprint density at radius 2 is 1.86 bits per heavy atom. The standard InChI is InChI=1S/C16H18N4O/c1-2-11-3-5-14-8-12(4-6-13(14)7-11)9-15(19-20-18)10-16(17)21/h3-8,15H,2,9-10H2,1H3,(H2,17,21)/t15-/m0/s1. The highest BCUT2D eigenvalue weighted by Gasteiger charge is 2.11. The molecule has 0 radical (unpaired) electrons. The fourth-order valence-electron chi connectivity index (χ4n) is 2.42. The summed E-state index contributed by atoms with van der Waals surface area (Å²) in [5.41, 5.74) is 16.1. The molecule has 2 N–H and O–H groups in total. The van der Waals surface area contributed by atoms with Gasteiger partial charge in [0.1, 0.15) is 0 Å². The lowest BCUT2D eigenvalue weighted by molar-refractivity contribution is -0.118. The van der Waals surface area contributed by atoms with Crippen molar-refractivity contribution in [3.63, 3.8) is 0 Å². The van der Waals surface area contributed by atoms with Crippen molar-refractivity contribution in [1.29, 1.82) is 0 Å². The summed E-state index contributed by atoms with van der Waals surface area (Å²) in [5, 5.41) is 5.98. The molecule has 5 heteroatoms. The zero-order valence-corrected chi connectivity index (χ0v) is 12.0. The Kier molecular flexibility index (Phi) is 4.80. The molecular weight excluding hydrogens is 264 g/mol. The van der Waals surface area contributed by atoms with Crippen LogP contribution >= 0.6 is 0 Å². The van der Waals surface area contributed by atoms with E-state index < -0.39 is 11.9 Å². The minimum atomic E-state index is -0.458. The van der Waals surface area contributed by atoms with Gasteiger partial charge in [-0.15, -0.1) is 0 Å². The van der Waals surface area contributed by atoms with E-state index in [4.69, 9.17) is 11.3 Å². The second-order valence-electron chi connectivity index (χ2n) is 5.10. The number of benzene rings is 2. The topological polar surface area (TPSA) is 91.9 Å². The Hall–Kier alpha value is -2.52. The molecule has 1 amide bonds. The van der Waals surface area contributed by atoms with Crippen molar-refractivity contribution in [2.24, 2.45) is 10.8 Å². The molecule has 2 aromatic rings. The number of hydrogen-bond acceptors (Lipinski definition) is 2. The number of nitrogens with two attached hydrogens (primary N) is 1. The van der Waals surface area contributed by atoms with Gasteiger partial charge in [0.25, 0.3) is 0 Å². The Balaban J connectivity index is 2.25. The molecule has 0 saturated heterocycles. The first kappa shape index (κ1) is 14.9. The van der Waals surface area contributed by atoms with E-state index in [2.05, 4.69) is 47.3 Å². The van der Waals surface area contributed by atoms with E-state index in [9.17, 15) is 4.79 Å². The van der Waals surface area contributed by atoms with E-state index in [1.165, 1.54) is 10.9 Å². The number of amides is 1. The molecule has 2 rings (SSSR count). The van der Waals surface area contributed by atoms with Crippen LogP contribution in [0.4, 0.5) is 0 Å². The van der Waals surface area contributed by atoms with E-state index in [0.29, 0.717) is 6.42 Å². The van der Waals surface area contributed by atoms with E-state index in [1.54, 1.807) is 0 Å². The lowest BCUT2D eigenvalue weighted by atomic mass is 9.99. The van der Waals surface area contributed by atoms with Crippen molar-refractivity contribution in [2.45, 2.75) is 32.2 Å². The van der Waals surface area contributed by atoms with Gasteiger partial charge in [0.15, 0.2) is 0 Å². The average molecular weight is 282 g/mol. The molecule has 0 bridgehead atoms. The fraction of sp³-hybridized carbons (Fsp3) is 0.312. The molecule has 0 aromatic heterocycles. The third kappa shape index (κ3) is 3.97. The van der Waals surface area contributed by atoms with E-state index >= 15 is 0 Å². The van der Waals surface area contributed by atoms with Gasteiger partial charge >= 0.3 is 0 Å². The van der Waals surface area contributed by atoms with E-state index in [-0.39, 0.29) is 6.42 Å². The third-order valence-electron chi connectivity index (χ3n) is 3.50. The minimum Gasteiger partial charge on any atom is -0.370 e. The maximum atomic E-state index is 11.0. The van der Waals surface area contributed by atoms with Crippen LogP contribution in [0, 0.1) is 0 Å². The quantitative estimate of drug-likeness (QED) is 0.490. The number of rotatable bonds is 6. The average Bonchev–Trinajstić information content (AvgIpc) is 2.46. The molecule has 2 aromatic carbocycles. The van der Waals surface area contributed by atoms with Crippen LogP contribution in [0.1, 0.15) is 24.5 Å². The highest BCUT2D eigenvalue weighted by Crippen LogP contribution is 2.20. The number of carbonyl (C=O) groups is 1. The SMILES string of the molecule is CCc1ccc2cc(C[C@@H](CC(N)=O)N=[N+]=[N-])ccc2c1. The Labute approximate surface area is 123 Å². The second-order valence-corrected chi connectivity index (χ2v) is 5.10. The summed E-state index contributed by atoms with van der Waals surface area (Å²) in [4.78, 5) is 13.8. The summed E-state index contributed by atoms with van der Waals surface area (Å²) in [6.45, 7) is 2.13. The van der Waals surface area contributed by atoms with Gasteiger partial charge in [-0.3, -0.25) is 4.79 Å². The van der Waals surface area contributed by atoms with Crippen LogP contribution in [0.5, 0.6) is 0 Å². The zero-order valence-electron chi connectivity index (χ0n) is 12.0. The molecule has 0 unspecified atom stereocenters. The van der Waals surface area contributed by atoms with Gasteiger partial charge in [0.05, 0.1) is 6.04 Å². The van der Waals surface area contributed by atoms with Crippen LogP contribution in [0.15, 0.2) is 41.5 Å². The maximum Gasteiger partial charge on any atom is 0.217 e. The van der Waals surface area contributed by atoms with Gasteiger partial charge in [-0.05, 0) is 40.3 Å². The first-order valence-electron chi connectivity index (χ1n) is 6.96. The number of primary amides is 1. The highest BCUT2D eigenvalue weighted by molar-refractivity contribution is 5.84. The normalized spacial score (nSPS) is 11.9. The first-order valence-corrected chi connectivity index (χ1v) is 6.96. The van der Waals surface area contributed by atoms with Crippen molar-refractivity contribution in [2.75, 3.05) is 0 Å². The number of azide groups is 1. The second kappa shape index (κ2) is 6.77. The maximum absolute atomic E-state index is 11.0.